The second kappa shape index (κ2) is 3.61. The molecule has 0 aliphatic heterocycles. The minimum Gasteiger partial charge on any atom is -0.326 e. The second-order valence-corrected chi connectivity index (χ2v) is 6.30. The fourth-order valence-electron chi connectivity index (χ4n) is 2.40. The molecule has 1 atom stereocenters. The molecule has 78 valence electrons. The van der Waals surface area contributed by atoms with Gasteiger partial charge in [0, 0.05) is 5.54 Å². The Labute approximate surface area is 83.1 Å². The van der Waals surface area contributed by atoms with Crippen molar-refractivity contribution < 1.29 is 0 Å². The molecule has 1 aliphatic rings. The second-order valence-electron chi connectivity index (χ2n) is 6.30. The number of hydrogen-bond donors (Lipinski definition) is 1. The predicted octanol–water partition coefficient (Wildman–Crippen LogP) is 3.33. The van der Waals surface area contributed by atoms with Gasteiger partial charge in [-0.3, -0.25) is 0 Å². The first-order valence-electron chi connectivity index (χ1n) is 5.57. The highest BCUT2D eigenvalue weighted by Crippen LogP contribution is 2.43. The van der Waals surface area contributed by atoms with Crippen LogP contribution < -0.4 is 5.73 Å². The molecule has 0 amide bonds. The van der Waals surface area contributed by atoms with Gasteiger partial charge in [-0.1, -0.05) is 13.8 Å². The van der Waals surface area contributed by atoms with Crippen molar-refractivity contribution in [3.63, 3.8) is 0 Å². The maximum absolute atomic E-state index is 5.98. The Hall–Kier alpha value is -0.0400. The van der Waals surface area contributed by atoms with E-state index < -0.39 is 0 Å². The van der Waals surface area contributed by atoms with Crippen LogP contribution in [-0.4, -0.2) is 5.54 Å². The van der Waals surface area contributed by atoms with Gasteiger partial charge in [-0.15, -0.1) is 0 Å². The van der Waals surface area contributed by atoms with Crippen LogP contribution in [0, 0.1) is 11.3 Å². The smallest absolute Gasteiger partial charge is 0.00971 e. The van der Waals surface area contributed by atoms with Crippen molar-refractivity contribution in [2.24, 2.45) is 17.1 Å². The molecule has 0 aromatic heterocycles. The van der Waals surface area contributed by atoms with Gasteiger partial charge < -0.3 is 5.73 Å². The summed E-state index contributed by atoms with van der Waals surface area (Å²) in [5.74, 6) is 0.942. The number of hydrogen-bond acceptors (Lipinski definition) is 1. The van der Waals surface area contributed by atoms with Gasteiger partial charge in [-0.2, -0.15) is 0 Å². The van der Waals surface area contributed by atoms with Gasteiger partial charge in [-0.05, 0) is 57.3 Å². The molecule has 2 N–H and O–H groups in total. The summed E-state index contributed by atoms with van der Waals surface area (Å²) in [4.78, 5) is 0. The molecule has 1 fully saturated rings. The summed E-state index contributed by atoms with van der Waals surface area (Å²) in [6.07, 6.45) is 6.73. The standard InChI is InChI=1S/C12H25N/c1-11(2)7-5-10(9-11)6-8-12(3,4)13/h10H,5-9,13H2,1-4H3. The van der Waals surface area contributed by atoms with E-state index >= 15 is 0 Å². The first-order valence-corrected chi connectivity index (χ1v) is 5.57. The zero-order valence-electron chi connectivity index (χ0n) is 9.69. The molecule has 0 bridgehead atoms. The molecular weight excluding hydrogens is 158 g/mol. The Kier molecular flexibility index (Phi) is 3.06. The fourth-order valence-corrected chi connectivity index (χ4v) is 2.40. The summed E-state index contributed by atoms with van der Waals surface area (Å²) < 4.78 is 0. The summed E-state index contributed by atoms with van der Waals surface area (Å²) in [6, 6.07) is 0. The molecule has 0 aromatic carbocycles. The van der Waals surface area contributed by atoms with Gasteiger partial charge in [0.05, 0.1) is 0 Å². The SMILES string of the molecule is CC(C)(N)CCC1CCC(C)(C)C1. The molecule has 1 saturated carbocycles. The average molecular weight is 183 g/mol. The van der Waals surface area contributed by atoms with Crippen LogP contribution >= 0.6 is 0 Å². The third kappa shape index (κ3) is 4.12. The average Bonchev–Trinajstić information content (AvgIpc) is 2.24. The van der Waals surface area contributed by atoms with Crippen molar-refractivity contribution in [3.8, 4) is 0 Å². The van der Waals surface area contributed by atoms with Crippen LogP contribution in [0.3, 0.4) is 0 Å². The van der Waals surface area contributed by atoms with E-state index in [-0.39, 0.29) is 5.54 Å². The van der Waals surface area contributed by atoms with Gasteiger partial charge >= 0.3 is 0 Å². The lowest BCUT2D eigenvalue weighted by atomic mass is 9.87. The highest BCUT2D eigenvalue weighted by molar-refractivity contribution is 4.84. The summed E-state index contributed by atoms with van der Waals surface area (Å²) in [5, 5.41) is 0. The molecular formula is C12H25N. The third-order valence-electron chi connectivity index (χ3n) is 3.27. The molecule has 0 spiro atoms. The van der Waals surface area contributed by atoms with Crippen LogP contribution in [0.4, 0.5) is 0 Å². The lowest BCUT2D eigenvalue weighted by Gasteiger charge is -2.22. The van der Waals surface area contributed by atoms with Crippen molar-refractivity contribution in [3.05, 3.63) is 0 Å². The molecule has 1 nitrogen and oxygen atoms in total. The van der Waals surface area contributed by atoms with E-state index in [1.807, 2.05) is 0 Å². The van der Waals surface area contributed by atoms with Crippen LogP contribution in [0.5, 0.6) is 0 Å². The van der Waals surface area contributed by atoms with Crippen molar-refractivity contribution >= 4 is 0 Å². The van der Waals surface area contributed by atoms with Crippen LogP contribution in [0.1, 0.15) is 59.8 Å². The molecule has 0 aromatic rings. The van der Waals surface area contributed by atoms with Crippen molar-refractivity contribution in [2.75, 3.05) is 0 Å². The quantitative estimate of drug-likeness (QED) is 0.713. The lowest BCUT2D eigenvalue weighted by Crippen LogP contribution is -2.32. The summed E-state index contributed by atoms with van der Waals surface area (Å²) in [7, 11) is 0. The summed E-state index contributed by atoms with van der Waals surface area (Å²) in [5.41, 5.74) is 6.62. The zero-order chi connectivity index (χ0) is 10.1. The summed E-state index contributed by atoms with van der Waals surface area (Å²) >= 11 is 0. The normalized spacial score (nSPS) is 27.9. The Bertz CT molecular complexity index is 164. The van der Waals surface area contributed by atoms with Crippen molar-refractivity contribution in [2.45, 2.75) is 65.3 Å². The van der Waals surface area contributed by atoms with Gasteiger partial charge in [0.2, 0.25) is 0 Å². The molecule has 1 heteroatoms. The first-order chi connectivity index (χ1) is 5.79. The van der Waals surface area contributed by atoms with E-state index in [1.54, 1.807) is 0 Å². The van der Waals surface area contributed by atoms with Crippen LogP contribution in [-0.2, 0) is 0 Å². The lowest BCUT2D eigenvalue weighted by molar-refractivity contribution is 0.334. The van der Waals surface area contributed by atoms with Gasteiger partial charge in [0.25, 0.3) is 0 Å². The minimum atomic E-state index is 0.0345. The van der Waals surface area contributed by atoms with Crippen LogP contribution in [0.15, 0.2) is 0 Å². The molecule has 0 saturated heterocycles. The summed E-state index contributed by atoms with van der Waals surface area (Å²) in [6.45, 7) is 9.04. The van der Waals surface area contributed by atoms with Crippen LogP contribution in [0.2, 0.25) is 0 Å². The highest BCUT2D eigenvalue weighted by Gasteiger charge is 2.31. The number of nitrogens with two attached hydrogens (primary N) is 1. The molecule has 0 radical (unpaired) electrons. The number of rotatable bonds is 3. The monoisotopic (exact) mass is 183 g/mol. The largest absolute Gasteiger partial charge is 0.326 e. The molecule has 13 heavy (non-hydrogen) atoms. The molecule has 1 aliphatic carbocycles. The van der Waals surface area contributed by atoms with E-state index in [0.29, 0.717) is 5.41 Å². The molecule has 0 heterocycles. The van der Waals surface area contributed by atoms with E-state index in [4.69, 9.17) is 5.73 Å². The first kappa shape index (κ1) is 11.0. The Balaban J connectivity index is 2.25. The topological polar surface area (TPSA) is 26.0 Å². The van der Waals surface area contributed by atoms with Crippen molar-refractivity contribution in [1.82, 2.24) is 0 Å². The fraction of sp³-hybridized carbons (Fsp3) is 1.00. The van der Waals surface area contributed by atoms with E-state index in [9.17, 15) is 0 Å². The minimum absolute atomic E-state index is 0.0345. The van der Waals surface area contributed by atoms with Gasteiger partial charge in [0.15, 0.2) is 0 Å². The predicted molar refractivity (Wildman–Crippen MR) is 58.6 cm³/mol. The Morgan fingerprint density at radius 1 is 1.38 bits per heavy atom. The maximum Gasteiger partial charge on any atom is 0.00971 e. The van der Waals surface area contributed by atoms with Crippen molar-refractivity contribution in [1.29, 1.82) is 0 Å². The van der Waals surface area contributed by atoms with Gasteiger partial charge in [0.1, 0.15) is 0 Å². The van der Waals surface area contributed by atoms with Crippen LogP contribution in [0.25, 0.3) is 0 Å². The zero-order valence-corrected chi connectivity index (χ0v) is 9.69. The van der Waals surface area contributed by atoms with E-state index in [2.05, 4.69) is 27.7 Å². The third-order valence-corrected chi connectivity index (χ3v) is 3.27. The van der Waals surface area contributed by atoms with E-state index in [1.165, 1.54) is 32.1 Å². The molecule has 1 unspecified atom stereocenters. The Morgan fingerprint density at radius 2 is 2.00 bits per heavy atom. The maximum atomic E-state index is 5.98. The van der Waals surface area contributed by atoms with E-state index in [0.717, 1.165) is 5.92 Å². The highest BCUT2D eigenvalue weighted by atomic mass is 14.7. The Morgan fingerprint density at radius 3 is 2.38 bits per heavy atom. The van der Waals surface area contributed by atoms with Gasteiger partial charge in [-0.25, -0.2) is 0 Å². The molecule has 1 rings (SSSR count).